The molecule has 0 saturated heterocycles. The first kappa shape index (κ1) is 12.3. The molecular formula is C13H12N5O2. The van der Waals surface area contributed by atoms with Gasteiger partial charge >= 0.3 is 0 Å². The summed E-state index contributed by atoms with van der Waals surface area (Å²) in [5, 5.41) is 11.5. The first-order valence-electron chi connectivity index (χ1n) is 6.03. The third-order valence-corrected chi connectivity index (χ3v) is 2.98. The lowest BCUT2D eigenvalue weighted by molar-refractivity contribution is 0.0987. The van der Waals surface area contributed by atoms with Crippen molar-refractivity contribution in [2.45, 2.75) is 13.3 Å². The number of nitrogens with one attached hydrogen (secondary N) is 1. The summed E-state index contributed by atoms with van der Waals surface area (Å²) in [6.07, 6.45) is 4.15. The summed E-state index contributed by atoms with van der Waals surface area (Å²) >= 11 is 0. The Bertz CT molecular complexity index is 774. The lowest BCUT2D eigenvalue weighted by atomic mass is 10.0. The molecule has 2 aromatic heterocycles. The minimum atomic E-state index is -0.705. The van der Waals surface area contributed by atoms with Crippen LogP contribution in [-0.4, -0.2) is 26.2 Å². The minimum absolute atomic E-state index is 0.113. The number of aromatic nitrogens is 4. The second kappa shape index (κ2) is 4.76. The molecule has 0 spiro atoms. The van der Waals surface area contributed by atoms with Gasteiger partial charge in [0.15, 0.2) is 0 Å². The molecule has 7 nitrogen and oxygen atoms in total. The van der Waals surface area contributed by atoms with Gasteiger partial charge in [0.2, 0.25) is 5.89 Å². The highest BCUT2D eigenvalue weighted by Gasteiger charge is 2.11. The van der Waals surface area contributed by atoms with Crippen LogP contribution in [0.2, 0.25) is 0 Å². The van der Waals surface area contributed by atoms with Gasteiger partial charge in [-0.15, -0.1) is 0 Å². The van der Waals surface area contributed by atoms with E-state index in [1.54, 1.807) is 12.6 Å². The van der Waals surface area contributed by atoms with E-state index in [0.717, 1.165) is 22.0 Å². The average Bonchev–Trinajstić information content (AvgIpc) is 3.05. The number of H-pyrrole nitrogens is 1. The fourth-order valence-corrected chi connectivity index (χ4v) is 2.05. The van der Waals surface area contributed by atoms with Crippen molar-refractivity contribution in [3.05, 3.63) is 47.6 Å². The molecule has 0 unspecified atom stereocenters. The molecule has 0 aliphatic rings. The number of fused-ring (bicyclic) bond motifs is 1. The van der Waals surface area contributed by atoms with Crippen molar-refractivity contribution in [1.82, 2.24) is 20.3 Å². The van der Waals surface area contributed by atoms with Crippen LogP contribution in [0.15, 0.2) is 22.9 Å². The Hall–Kier alpha value is -2.70. The standard InChI is InChI=1S/C13H12N5O2/c1-7-4-8(5-9-6-15-17-11(7)9)2-3-10-16-13(12(14)19)18-20-10/h3-6H,2H2,1H3,(H2,14,19)(H,15,17). The summed E-state index contributed by atoms with van der Waals surface area (Å²) in [5.41, 5.74) is 8.30. The third kappa shape index (κ3) is 2.25. The fourth-order valence-electron chi connectivity index (χ4n) is 2.05. The third-order valence-electron chi connectivity index (χ3n) is 2.98. The summed E-state index contributed by atoms with van der Waals surface area (Å²) in [4.78, 5) is 14.7. The van der Waals surface area contributed by atoms with Gasteiger partial charge in [0.05, 0.1) is 18.1 Å². The Labute approximate surface area is 114 Å². The molecule has 1 radical (unpaired) electrons. The highest BCUT2D eigenvalue weighted by Crippen LogP contribution is 2.19. The van der Waals surface area contributed by atoms with Gasteiger partial charge in [-0.2, -0.15) is 10.1 Å². The lowest BCUT2D eigenvalue weighted by Crippen LogP contribution is -2.12. The van der Waals surface area contributed by atoms with Crippen molar-refractivity contribution >= 4 is 16.8 Å². The Morgan fingerprint density at radius 3 is 3.10 bits per heavy atom. The number of nitrogens with zero attached hydrogens (tertiary/aromatic N) is 3. The molecule has 0 aliphatic heterocycles. The SMILES string of the molecule is Cc1cc(C[CH]c2nc(C(N)=O)no2)cc2cn[nH]c12. The molecule has 0 aliphatic carbocycles. The van der Waals surface area contributed by atoms with Crippen molar-refractivity contribution in [3.8, 4) is 0 Å². The van der Waals surface area contributed by atoms with E-state index in [2.05, 4.69) is 26.4 Å². The van der Waals surface area contributed by atoms with Gasteiger partial charge in [-0.05, 0) is 30.5 Å². The van der Waals surface area contributed by atoms with Crippen LogP contribution in [0, 0.1) is 13.3 Å². The number of rotatable bonds is 4. The highest BCUT2D eigenvalue weighted by molar-refractivity contribution is 5.88. The number of nitrogens with two attached hydrogens (primary N) is 1. The molecule has 0 atom stereocenters. The van der Waals surface area contributed by atoms with Crippen molar-refractivity contribution in [2.75, 3.05) is 0 Å². The van der Waals surface area contributed by atoms with E-state index in [0.29, 0.717) is 6.42 Å². The minimum Gasteiger partial charge on any atom is -0.363 e. The van der Waals surface area contributed by atoms with Gasteiger partial charge in [-0.25, -0.2) is 0 Å². The van der Waals surface area contributed by atoms with Crippen LogP contribution in [0.1, 0.15) is 27.6 Å². The van der Waals surface area contributed by atoms with Crippen molar-refractivity contribution in [1.29, 1.82) is 0 Å². The number of aryl methyl sites for hydroxylation is 1. The van der Waals surface area contributed by atoms with Crippen LogP contribution in [-0.2, 0) is 6.42 Å². The number of hydrogen-bond acceptors (Lipinski definition) is 5. The molecule has 3 aromatic rings. The van der Waals surface area contributed by atoms with Gasteiger partial charge in [-0.1, -0.05) is 11.2 Å². The van der Waals surface area contributed by atoms with E-state index in [9.17, 15) is 4.79 Å². The zero-order chi connectivity index (χ0) is 14.1. The second-order valence-electron chi connectivity index (χ2n) is 4.48. The van der Waals surface area contributed by atoms with E-state index in [1.807, 2.05) is 13.0 Å². The smallest absolute Gasteiger partial charge is 0.290 e. The Morgan fingerprint density at radius 1 is 1.50 bits per heavy atom. The predicted octanol–water partition coefficient (Wildman–Crippen LogP) is 1.15. The van der Waals surface area contributed by atoms with Crippen molar-refractivity contribution in [2.24, 2.45) is 5.73 Å². The zero-order valence-electron chi connectivity index (χ0n) is 10.8. The number of primary amides is 1. The maximum absolute atomic E-state index is 10.9. The monoisotopic (exact) mass is 270 g/mol. The van der Waals surface area contributed by atoms with E-state index >= 15 is 0 Å². The summed E-state index contributed by atoms with van der Waals surface area (Å²) in [7, 11) is 0. The van der Waals surface area contributed by atoms with Crippen LogP contribution < -0.4 is 5.73 Å². The molecule has 0 bridgehead atoms. The molecule has 0 saturated carbocycles. The topological polar surface area (TPSA) is 111 Å². The number of hydrogen-bond donors (Lipinski definition) is 2. The molecule has 20 heavy (non-hydrogen) atoms. The Kier molecular flexibility index (Phi) is 2.94. The number of benzene rings is 1. The fraction of sp³-hybridized carbons (Fsp3) is 0.154. The maximum atomic E-state index is 10.9. The van der Waals surface area contributed by atoms with Gasteiger partial charge in [0.25, 0.3) is 11.7 Å². The molecule has 3 N–H and O–H groups in total. The first-order chi connectivity index (χ1) is 9.63. The predicted molar refractivity (Wildman–Crippen MR) is 70.8 cm³/mol. The highest BCUT2D eigenvalue weighted by atomic mass is 16.5. The number of carbonyl (C=O) groups excluding carboxylic acids is 1. The summed E-state index contributed by atoms with van der Waals surface area (Å²) in [6.45, 7) is 2.02. The molecule has 2 heterocycles. The lowest BCUT2D eigenvalue weighted by Gasteiger charge is -2.02. The van der Waals surface area contributed by atoms with Crippen LogP contribution in [0.5, 0.6) is 0 Å². The van der Waals surface area contributed by atoms with E-state index in [1.165, 1.54) is 0 Å². The Morgan fingerprint density at radius 2 is 2.35 bits per heavy atom. The summed E-state index contributed by atoms with van der Waals surface area (Å²) in [5.74, 6) is -0.537. The van der Waals surface area contributed by atoms with Gasteiger partial charge in [0.1, 0.15) is 0 Å². The number of amides is 1. The molecule has 101 valence electrons. The molecule has 3 rings (SSSR count). The number of aromatic amines is 1. The quantitative estimate of drug-likeness (QED) is 0.738. The van der Waals surface area contributed by atoms with Crippen molar-refractivity contribution < 1.29 is 9.32 Å². The summed E-state index contributed by atoms with van der Waals surface area (Å²) in [6, 6.07) is 4.09. The molecule has 7 heteroatoms. The molecular weight excluding hydrogens is 258 g/mol. The normalized spacial score (nSPS) is 11.1. The van der Waals surface area contributed by atoms with Crippen LogP contribution in [0.3, 0.4) is 0 Å². The molecule has 1 aromatic carbocycles. The van der Waals surface area contributed by atoms with Crippen LogP contribution in [0.4, 0.5) is 0 Å². The van der Waals surface area contributed by atoms with Gasteiger partial charge < -0.3 is 10.3 Å². The Balaban J connectivity index is 1.77. The second-order valence-corrected chi connectivity index (χ2v) is 4.48. The largest absolute Gasteiger partial charge is 0.363 e. The van der Waals surface area contributed by atoms with Gasteiger partial charge in [-0.3, -0.25) is 9.89 Å². The summed E-state index contributed by atoms with van der Waals surface area (Å²) < 4.78 is 4.91. The zero-order valence-corrected chi connectivity index (χ0v) is 10.8. The van der Waals surface area contributed by atoms with Crippen molar-refractivity contribution in [3.63, 3.8) is 0 Å². The maximum Gasteiger partial charge on any atom is 0.290 e. The van der Waals surface area contributed by atoms with E-state index in [4.69, 9.17) is 10.3 Å². The molecule has 0 fully saturated rings. The van der Waals surface area contributed by atoms with E-state index < -0.39 is 5.91 Å². The van der Waals surface area contributed by atoms with Crippen LogP contribution in [0.25, 0.3) is 10.9 Å². The molecule has 1 amide bonds. The van der Waals surface area contributed by atoms with Gasteiger partial charge in [0, 0.05) is 5.39 Å². The number of carbonyl (C=O) groups is 1. The average molecular weight is 270 g/mol. The first-order valence-corrected chi connectivity index (χ1v) is 6.03. The van der Waals surface area contributed by atoms with E-state index in [-0.39, 0.29) is 11.7 Å². The van der Waals surface area contributed by atoms with Crippen LogP contribution >= 0.6 is 0 Å².